The molecule has 1 unspecified atom stereocenters. The molecule has 0 aromatic heterocycles. The van der Waals surface area contributed by atoms with E-state index in [2.05, 4.69) is 80.3 Å². The standard InChI is InChI=1S/C14H14BrIN2/c15-12-5-1-3-10(7-12)8-14(18-17)11-4-2-6-13(16)9-11/h1-7,9,14,18H,8,17H2. The number of hydrogen-bond donors (Lipinski definition) is 2. The van der Waals surface area contributed by atoms with Gasteiger partial charge in [0.05, 0.1) is 6.04 Å². The lowest BCUT2D eigenvalue weighted by Gasteiger charge is -2.17. The van der Waals surface area contributed by atoms with E-state index in [9.17, 15) is 0 Å². The lowest BCUT2D eigenvalue weighted by Crippen LogP contribution is -2.29. The van der Waals surface area contributed by atoms with Crippen LogP contribution in [-0.2, 0) is 6.42 Å². The fourth-order valence-corrected chi connectivity index (χ4v) is 2.91. The molecule has 18 heavy (non-hydrogen) atoms. The zero-order valence-corrected chi connectivity index (χ0v) is 13.5. The molecule has 0 heterocycles. The normalized spacial score (nSPS) is 12.4. The zero-order chi connectivity index (χ0) is 13.0. The van der Waals surface area contributed by atoms with Crippen molar-refractivity contribution in [3.05, 3.63) is 67.7 Å². The zero-order valence-electron chi connectivity index (χ0n) is 9.74. The SMILES string of the molecule is NNC(Cc1cccc(Br)c1)c1cccc(I)c1. The minimum absolute atomic E-state index is 0.133. The van der Waals surface area contributed by atoms with Gasteiger partial charge in [0.2, 0.25) is 0 Å². The lowest BCUT2D eigenvalue weighted by molar-refractivity contribution is 0.551. The van der Waals surface area contributed by atoms with Crippen LogP contribution in [-0.4, -0.2) is 0 Å². The number of hydrazine groups is 1. The maximum atomic E-state index is 5.68. The van der Waals surface area contributed by atoms with Crippen LogP contribution >= 0.6 is 38.5 Å². The Hall–Kier alpha value is -0.430. The van der Waals surface area contributed by atoms with Crippen molar-refractivity contribution >= 4 is 38.5 Å². The molecule has 2 rings (SSSR count). The van der Waals surface area contributed by atoms with Crippen LogP contribution < -0.4 is 11.3 Å². The van der Waals surface area contributed by atoms with E-state index < -0.39 is 0 Å². The molecule has 1 atom stereocenters. The number of rotatable bonds is 4. The molecule has 4 heteroatoms. The van der Waals surface area contributed by atoms with Crippen LogP contribution in [0.5, 0.6) is 0 Å². The molecule has 0 saturated carbocycles. The first-order valence-electron chi connectivity index (χ1n) is 5.65. The molecule has 0 radical (unpaired) electrons. The van der Waals surface area contributed by atoms with Gasteiger partial charge in [0.1, 0.15) is 0 Å². The van der Waals surface area contributed by atoms with Crippen LogP contribution in [0.2, 0.25) is 0 Å². The maximum absolute atomic E-state index is 5.68. The van der Waals surface area contributed by atoms with Gasteiger partial charge in [0.15, 0.2) is 0 Å². The largest absolute Gasteiger partial charge is 0.271 e. The van der Waals surface area contributed by atoms with E-state index in [-0.39, 0.29) is 6.04 Å². The minimum Gasteiger partial charge on any atom is -0.271 e. The molecular weight excluding hydrogens is 403 g/mol. The van der Waals surface area contributed by atoms with Gasteiger partial charge in [0.25, 0.3) is 0 Å². The van der Waals surface area contributed by atoms with E-state index in [1.165, 1.54) is 14.7 Å². The quantitative estimate of drug-likeness (QED) is 0.452. The molecule has 0 bridgehead atoms. The van der Waals surface area contributed by atoms with Gasteiger partial charge in [-0.3, -0.25) is 11.3 Å². The molecule has 3 N–H and O–H groups in total. The van der Waals surface area contributed by atoms with E-state index in [0.717, 1.165) is 10.9 Å². The Bertz CT molecular complexity index is 531. The summed E-state index contributed by atoms with van der Waals surface area (Å²) >= 11 is 5.80. The fourth-order valence-electron chi connectivity index (χ4n) is 1.90. The Labute approximate surface area is 129 Å². The van der Waals surface area contributed by atoms with E-state index >= 15 is 0 Å². The van der Waals surface area contributed by atoms with Gasteiger partial charge in [-0.05, 0) is 64.4 Å². The van der Waals surface area contributed by atoms with Gasteiger partial charge in [-0.15, -0.1) is 0 Å². The minimum atomic E-state index is 0.133. The summed E-state index contributed by atoms with van der Waals surface area (Å²) in [4.78, 5) is 0. The summed E-state index contributed by atoms with van der Waals surface area (Å²) in [6.45, 7) is 0. The van der Waals surface area contributed by atoms with Crippen molar-refractivity contribution in [1.82, 2.24) is 5.43 Å². The number of halogens is 2. The van der Waals surface area contributed by atoms with Crippen LogP contribution in [0.15, 0.2) is 53.0 Å². The first kappa shape index (κ1) is 14.0. The van der Waals surface area contributed by atoms with Gasteiger partial charge in [-0.25, -0.2) is 0 Å². The lowest BCUT2D eigenvalue weighted by atomic mass is 10.00. The van der Waals surface area contributed by atoms with Crippen LogP contribution in [0.3, 0.4) is 0 Å². The predicted molar refractivity (Wildman–Crippen MR) is 87.1 cm³/mol. The van der Waals surface area contributed by atoms with Crippen molar-refractivity contribution in [2.75, 3.05) is 0 Å². The summed E-state index contributed by atoms with van der Waals surface area (Å²) in [5, 5.41) is 0. The highest BCUT2D eigenvalue weighted by atomic mass is 127. The van der Waals surface area contributed by atoms with E-state index in [1.807, 2.05) is 12.1 Å². The van der Waals surface area contributed by atoms with Gasteiger partial charge >= 0.3 is 0 Å². The molecule has 2 aromatic carbocycles. The van der Waals surface area contributed by atoms with Crippen molar-refractivity contribution in [3.63, 3.8) is 0 Å². The summed E-state index contributed by atoms with van der Waals surface area (Å²) in [5.74, 6) is 5.68. The van der Waals surface area contributed by atoms with Crippen LogP contribution in [0.25, 0.3) is 0 Å². The van der Waals surface area contributed by atoms with Gasteiger partial charge in [-0.1, -0.05) is 40.2 Å². The molecule has 2 nitrogen and oxygen atoms in total. The topological polar surface area (TPSA) is 38.0 Å². The highest BCUT2D eigenvalue weighted by molar-refractivity contribution is 14.1. The van der Waals surface area contributed by atoms with Gasteiger partial charge in [0, 0.05) is 8.04 Å². The third-order valence-corrected chi connectivity index (χ3v) is 3.95. The van der Waals surface area contributed by atoms with Crippen molar-refractivity contribution < 1.29 is 0 Å². The first-order valence-corrected chi connectivity index (χ1v) is 7.52. The number of hydrogen-bond acceptors (Lipinski definition) is 2. The fraction of sp³-hybridized carbons (Fsp3) is 0.143. The summed E-state index contributed by atoms with van der Waals surface area (Å²) in [6.07, 6.45) is 0.871. The Morgan fingerprint density at radius 3 is 2.61 bits per heavy atom. The number of nitrogens with two attached hydrogens (primary N) is 1. The summed E-state index contributed by atoms with van der Waals surface area (Å²) in [5.41, 5.74) is 5.36. The molecule has 0 aliphatic heterocycles. The Morgan fingerprint density at radius 2 is 1.94 bits per heavy atom. The van der Waals surface area contributed by atoms with Crippen LogP contribution in [0.1, 0.15) is 17.2 Å². The van der Waals surface area contributed by atoms with Gasteiger partial charge in [-0.2, -0.15) is 0 Å². The second-order valence-corrected chi connectivity index (χ2v) is 6.27. The van der Waals surface area contributed by atoms with E-state index in [4.69, 9.17) is 5.84 Å². The number of benzene rings is 2. The maximum Gasteiger partial charge on any atom is 0.0500 e. The van der Waals surface area contributed by atoms with Crippen molar-refractivity contribution in [1.29, 1.82) is 0 Å². The summed E-state index contributed by atoms with van der Waals surface area (Å²) < 4.78 is 2.32. The van der Waals surface area contributed by atoms with Crippen LogP contribution in [0.4, 0.5) is 0 Å². The van der Waals surface area contributed by atoms with Crippen LogP contribution in [0, 0.1) is 3.57 Å². The highest BCUT2D eigenvalue weighted by Gasteiger charge is 2.10. The average Bonchev–Trinajstić information content (AvgIpc) is 2.36. The molecular formula is C14H14BrIN2. The second kappa shape index (κ2) is 6.65. The monoisotopic (exact) mass is 416 g/mol. The predicted octanol–water partition coefficient (Wildman–Crippen LogP) is 3.80. The molecule has 94 valence electrons. The Balaban J connectivity index is 2.19. The number of nitrogens with one attached hydrogen (secondary N) is 1. The van der Waals surface area contributed by atoms with E-state index in [0.29, 0.717) is 0 Å². The molecule has 0 amide bonds. The van der Waals surface area contributed by atoms with Gasteiger partial charge < -0.3 is 0 Å². The summed E-state index contributed by atoms with van der Waals surface area (Å²) in [6, 6.07) is 16.8. The first-order chi connectivity index (χ1) is 8.69. The molecule has 0 fully saturated rings. The molecule has 0 aliphatic carbocycles. The Morgan fingerprint density at radius 1 is 1.17 bits per heavy atom. The third-order valence-electron chi connectivity index (χ3n) is 2.78. The third kappa shape index (κ3) is 3.78. The highest BCUT2D eigenvalue weighted by Crippen LogP contribution is 2.21. The Kier molecular flexibility index (Phi) is 5.17. The van der Waals surface area contributed by atoms with E-state index in [1.54, 1.807) is 0 Å². The smallest absolute Gasteiger partial charge is 0.0500 e. The van der Waals surface area contributed by atoms with Crippen molar-refractivity contribution in [2.24, 2.45) is 5.84 Å². The average molecular weight is 417 g/mol. The molecule has 0 spiro atoms. The van der Waals surface area contributed by atoms with Crippen molar-refractivity contribution in [3.8, 4) is 0 Å². The summed E-state index contributed by atoms with van der Waals surface area (Å²) in [7, 11) is 0. The molecule has 0 aliphatic rings. The molecule has 0 saturated heterocycles. The molecule has 2 aromatic rings. The second-order valence-electron chi connectivity index (χ2n) is 4.11. The van der Waals surface area contributed by atoms with Crippen molar-refractivity contribution in [2.45, 2.75) is 12.5 Å².